The van der Waals surface area contributed by atoms with Gasteiger partial charge >= 0.3 is 0 Å². The first kappa shape index (κ1) is 21.6. The maximum Gasteiger partial charge on any atom is 0.261 e. The monoisotopic (exact) mass is 436 g/mol. The summed E-state index contributed by atoms with van der Waals surface area (Å²) in [6.45, 7) is 3.67. The van der Waals surface area contributed by atoms with Crippen LogP contribution in [0.1, 0.15) is 34.8 Å². The number of benzene rings is 3. The van der Waals surface area contributed by atoms with Gasteiger partial charge in [-0.25, -0.2) is 8.78 Å². The summed E-state index contributed by atoms with van der Waals surface area (Å²) >= 11 is 0. The predicted molar refractivity (Wildman–Crippen MR) is 119 cm³/mol. The van der Waals surface area contributed by atoms with Crippen molar-refractivity contribution in [1.29, 1.82) is 0 Å². The molecule has 1 atom stereocenters. The van der Waals surface area contributed by atoms with E-state index in [1.807, 2.05) is 37.3 Å². The standard InChI is InChI=1S/C25H22F2N2O3/c1-15-6-7-17(22-13-25(2,14-30)32-29-22)12-19(15)16-8-10-18(11-9-16)28-24(31)23-20(26)4-3-5-21(23)27/h3-12,30H,13-14H2,1-2H3,(H,28,31). The van der Waals surface area contributed by atoms with E-state index in [1.54, 1.807) is 19.1 Å². The van der Waals surface area contributed by atoms with Gasteiger partial charge in [-0.15, -0.1) is 0 Å². The molecule has 0 radical (unpaired) electrons. The van der Waals surface area contributed by atoms with Crippen LogP contribution in [0.2, 0.25) is 0 Å². The highest BCUT2D eigenvalue weighted by atomic mass is 19.1. The lowest BCUT2D eigenvalue weighted by molar-refractivity contribution is -0.0428. The van der Waals surface area contributed by atoms with Crippen LogP contribution in [0.15, 0.2) is 65.8 Å². The zero-order valence-corrected chi connectivity index (χ0v) is 17.7. The minimum atomic E-state index is -0.914. The molecule has 1 unspecified atom stereocenters. The third-order valence-corrected chi connectivity index (χ3v) is 5.47. The molecule has 1 amide bonds. The Labute approximate surface area is 184 Å². The van der Waals surface area contributed by atoms with E-state index in [0.717, 1.165) is 40.1 Å². The first-order valence-electron chi connectivity index (χ1n) is 10.1. The molecule has 5 nitrogen and oxygen atoms in total. The van der Waals surface area contributed by atoms with Crippen molar-refractivity contribution in [3.8, 4) is 11.1 Å². The molecule has 0 fully saturated rings. The summed E-state index contributed by atoms with van der Waals surface area (Å²) in [6.07, 6.45) is 0.504. The lowest BCUT2D eigenvalue weighted by atomic mass is 9.92. The van der Waals surface area contributed by atoms with Gasteiger partial charge in [0.2, 0.25) is 0 Å². The normalized spacial score (nSPS) is 17.6. The SMILES string of the molecule is Cc1ccc(C2=NOC(C)(CO)C2)cc1-c1ccc(NC(=O)c2c(F)cccc2F)cc1. The zero-order chi connectivity index (χ0) is 22.9. The van der Waals surface area contributed by atoms with Gasteiger partial charge in [0, 0.05) is 17.7 Å². The Morgan fingerprint density at radius 1 is 1.09 bits per heavy atom. The summed E-state index contributed by atoms with van der Waals surface area (Å²) in [5.74, 6) is -2.68. The minimum absolute atomic E-state index is 0.122. The second kappa shape index (κ2) is 8.51. The van der Waals surface area contributed by atoms with Crippen LogP contribution >= 0.6 is 0 Å². The summed E-state index contributed by atoms with van der Waals surface area (Å²) in [6, 6.07) is 16.2. The number of amides is 1. The Kier molecular flexibility index (Phi) is 5.76. The molecular weight excluding hydrogens is 414 g/mol. The molecule has 0 spiro atoms. The van der Waals surface area contributed by atoms with Crippen LogP contribution in [0.3, 0.4) is 0 Å². The van der Waals surface area contributed by atoms with Crippen LogP contribution in [0.25, 0.3) is 11.1 Å². The average Bonchev–Trinajstić information content (AvgIpc) is 3.17. The minimum Gasteiger partial charge on any atom is -0.392 e. The first-order chi connectivity index (χ1) is 15.3. The Morgan fingerprint density at radius 3 is 2.38 bits per heavy atom. The second-order valence-electron chi connectivity index (χ2n) is 8.07. The van der Waals surface area contributed by atoms with E-state index < -0.39 is 28.7 Å². The van der Waals surface area contributed by atoms with Gasteiger partial charge in [-0.1, -0.05) is 35.5 Å². The Hall–Kier alpha value is -3.58. The summed E-state index contributed by atoms with van der Waals surface area (Å²) in [5, 5.41) is 16.1. The van der Waals surface area contributed by atoms with Crippen LogP contribution in [-0.2, 0) is 4.84 Å². The molecule has 164 valence electrons. The van der Waals surface area contributed by atoms with Gasteiger partial charge in [0.1, 0.15) is 17.2 Å². The molecule has 3 aromatic rings. The second-order valence-corrected chi connectivity index (χ2v) is 8.07. The van der Waals surface area contributed by atoms with Crippen molar-refractivity contribution in [3.05, 3.63) is 89.0 Å². The van der Waals surface area contributed by atoms with Crippen molar-refractivity contribution in [2.75, 3.05) is 11.9 Å². The lowest BCUT2D eigenvalue weighted by Gasteiger charge is -2.17. The van der Waals surface area contributed by atoms with Gasteiger partial charge in [-0.3, -0.25) is 4.79 Å². The largest absolute Gasteiger partial charge is 0.392 e. The number of oxime groups is 1. The smallest absolute Gasteiger partial charge is 0.261 e. The van der Waals surface area contributed by atoms with E-state index in [1.165, 1.54) is 6.07 Å². The maximum absolute atomic E-state index is 13.8. The summed E-state index contributed by atoms with van der Waals surface area (Å²) in [7, 11) is 0. The fourth-order valence-electron chi connectivity index (χ4n) is 3.58. The van der Waals surface area contributed by atoms with Crippen molar-refractivity contribution in [2.24, 2.45) is 5.16 Å². The van der Waals surface area contributed by atoms with Gasteiger partial charge in [-0.2, -0.15) is 0 Å². The van der Waals surface area contributed by atoms with Crippen molar-refractivity contribution in [1.82, 2.24) is 0 Å². The zero-order valence-electron chi connectivity index (χ0n) is 17.7. The topological polar surface area (TPSA) is 70.9 Å². The molecule has 1 aliphatic rings. The van der Waals surface area contributed by atoms with Gasteiger partial charge < -0.3 is 15.3 Å². The van der Waals surface area contributed by atoms with E-state index >= 15 is 0 Å². The third kappa shape index (κ3) is 4.24. The highest BCUT2D eigenvalue weighted by molar-refractivity contribution is 6.05. The van der Waals surface area contributed by atoms with Crippen molar-refractivity contribution < 1.29 is 23.5 Å². The fourth-order valence-corrected chi connectivity index (χ4v) is 3.58. The molecule has 0 aromatic heterocycles. The molecule has 1 aliphatic heterocycles. The maximum atomic E-state index is 13.8. The van der Waals surface area contributed by atoms with E-state index in [4.69, 9.17) is 4.84 Å². The number of aliphatic hydroxyl groups is 1. The highest BCUT2D eigenvalue weighted by Crippen LogP contribution is 2.30. The van der Waals surface area contributed by atoms with Crippen LogP contribution in [0.5, 0.6) is 0 Å². The summed E-state index contributed by atoms with van der Waals surface area (Å²) in [5.41, 5.74) is 3.68. The first-order valence-corrected chi connectivity index (χ1v) is 10.1. The van der Waals surface area contributed by atoms with Crippen LogP contribution in [0, 0.1) is 18.6 Å². The molecule has 7 heteroatoms. The Bertz CT molecular complexity index is 1190. The van der Waals surface area contributed by atoms with Crippen LogP contribution in [0.4, 0.5) is 14.5 Å². The number of rotatable bonds is 5. The number of hydrogen-bond acceptors (Lipinski definition) is 4. The highest BCUT2D eigenvalue weighted by Gasteiger charge is 2.34. The average molecular weight is 436 g/mol. The van der Waals surface area contributed by atoms with E-state index in [2.05, 4.69) is 10.5 Å². The molecule has 4 rings (SSSR count). The number of nitrogens with zero attached hydrogens (tertiary/aromatic N) is 1. The number of carbonyl (C=O) groups excluding carboxylic acids is 1. The summed E-state index contributed by atoms with van der Waals surface area (Å²) in [4.78, 5) is 17.7. The number of aryl methyl sites for hydroxylation is 1. The fraction of sp³-hybridized carbons (Fsp3) is 0.200. The lowest BCUT2D eigenvalue weighted by Crippen LogP contribution is -2.29. The number of nitrogens with one attached hydrogen (secondary N) is 1. The predicted octanol–water partition coefficient (Wildman–Crippen LogP) is 5.07. The van der Waals surface area contributed by atoms with Gasteiger partial charge in [-0.05, 0) is 60.9 Å². The molecule has 0 saturated carbocycles. The van der Waals surface area contributed by atoms with Crippen molar-refractivity contribution in [2.45, 2.75) is 25.9 Å². The Morgan fingerprint density at radius 2 is 1.75 bits per heavy atom. The molecule has 0 bridgehead atoms. The van der Waals surface area contributed by atoms with Crippen molar-refractivity contribution >= 4 is 17.3 Å². The number of hydrogen-bond donors (Lipinski definition) is 2. The number of aliphatic hydroxyl groups excluding tert-OH is 1. The van der Waals surface area contributed by atoms with E-state index in [-0.39, 0.29) is 6.61 Å². The van der Waals surface area contributed by atoms with E-state index in [9.17, 15) is 18.7 Å². The molecule has 0 aliphatic carbocycles. The number of anilines is 1. The van der Waals surface area contributed by atoms with Crippen molar-refractivity contribution in [3.63, 3.8) is 0 Å². The quantitative estimate of drug-likeness (QED) is 0.587. The van der Waals surface area contributed by atoms with Gasteiger partial charge in [0.25, 0.3) is 5.91 Å². The molecule has 1 heterocycles. The molecule has 3 aromatic carbocycles. The van der Waals surface area contributed by atoms with Crippen LogP contribution in [-0.4, -0.2) is 28.9 Å². The molecule has 0 saturated heterocycles. The van der Waals surface area contributed by atoms with Gasteiger partial charge in [0.05, 0.1) is 12.3 Å². The molecular formula is C25H22F2N2O3. The third-order valence-electron chi connectivity index (χ3n) is 5.47. The molecule has 32 heavy (non-hydrogen) atoms. The number of carbonyl (C=O) groups is 1. The Balaban J connectivity index is 1.55. The van der Waals surface area contributed by atoms with Gasteiger partial charge in [0.15, 0.2) is 5.60 Å². The summed E-state index contributed by atoms with van der Waals surface area (Å²) < 4.78 is 27.7. The molecule has 2 N–H and O–H groups in total. The van der Waals surface area contributed by atoms with E-state index in [0.29, 0.717) is 12.1 Å². The number of halogens is 2. The van der Waals surface area contributed by atoms with Crippen LogP contribution < -0.4 is 5.32 Å².